The fourth-order valence-corrected chi connectivity index (χ4v) is 2.76. The van der Waals surface area contributed by atoms with Gasteiger partial charge in [-0.2, -0.15) is 0 Å². The summed E-state index contributed by atoms with van der Waals surface area (Å²) >= 11 is 0. The van der Waals surface area contributed by atoms with Crippen LogP contribution in [0.5, 0.6) is 0 Å². The van der Waals surface area contributed by atoms with Gasteiger partial charge in [0, 0.05) is 25.7 Å². The molecule has 1 aliphatic rings. The number of hydrogen-bond acceptors (Lipinski definition) is 3. The minimum Gasteiger partial charge on any atom is -0.349 e. The molecule has 5 nitrogen and oxygen atoms in total. The molecule has 1 aromatic carbocycles. The molecule has 0 spiro atoms. The van der Waals surface area contributed by atoms with Gasteiger partial charge in [-0.25, -0.2) is 13.8 Å². The summed E-state index contributed by atoms with van der Waals surface area (Å²) in [6.45, 7) is -0.180. The number of alkyl halides is 1. The smallest absolute Gasteiger partial charge is 0.275 e. The fraction of sp³-hybridized carbons (Fsp3) is 0.278. The summed E-state index contributed by atoms with van der Waals surface area (Å²) in [6.07, 6.45) is 1.16. The Labute approximate surface area is 143 Å². The van der Waals surface area contributed by atoms with Crippen LogP contribution in [-0.4, -0.2) is 40.5 Å². The van der Waals surface area contributed by atoms with E-state index in [1.165, 1.54) is 12.3 Å². The molecule has 1 unspecified atom stereocenters. The summed E-state index contributed by atoms with van der Waals surface area (Å²) < 4.78 is 28.6. The van der Waals surface area contributed by atoms with Gasteiger partial charge in [0.1, 0.15) is 0 Å². The number of likely N-dealkylation sites (tertiary alicyclic amines) is 1. The van der Waals surface area contributed by atoms with Crippen LogP contribution in [0.15, 0.2) is 48.7 Å². The predicted octanol–water partition coefficient (Wildman–Crippen LogP) is 2.09. The van der Waals surface area contributed by atoms with Crippen molar-refractivity contribution in [3.05, 3.63) is 65.7 Å². The molecule has 0 aliphatic carbocycles. The Hall–Kier alpha value is -2.83. The van der Waals surface area contributed by atoms with Crippen LogP contribution in [0.4, 0.5) is 8.78 Å². The van der Waals surface area contributed by atoms with E-state index in [1.807, 2.05) is 30.3 Å². The second kappa shape index (κ2) is 6.96. The largest absolute Gasteiger partial charge is 0.349 e. The molecule has 1 atom stereocenters. The first kappa shape index (κ1) is 17.0. The van der Waals surface area contributed by atoms with Gasteiger partial charge >= 0.3 is 0 Å². The summed E-state index contributed by atoms with van der Waals surface area (Å²) in [5.74, 6) is -2.25. The SMILES string of the molecule is O=C(c1ncccc1F)N1CCC(F)(C(=O)NCc2ccccc2)C1. The van der Waals surface area contributed by atoms with E-state index in [9.17, 15) is 18.4 Å². The second-order valence-electron chi connectivity index (χ2n) is 5.94. The van der Waals surface area contributed by atoms with Crippen molar-refractivity contribution in [1.29, 1.82) is 0 Å². The first-order valence-electron chi connectivity index (χ1n) is 7.90. The molecule has 7 heteroatoms. The number of nitrogens with one attached hydrogen (secondary N) is 1. The average Bonchev–Trinajstić information content (AvgIpc) is 3.04. The highest BCUT2D eigenvalue weighted by Gasteiger charge is 2.47. The molecule has 0 bridgehead atoms. The maximum atomic E-state index is 14.9. The lowest BCUT2D eigenvalue weighted by Crippen LogP contribution is -2.46. The van der Waals surface area contributed by atoms with Crippen LogP contribution in [0.1, 0.15) is 22.5 Å². The number of halogens is 2. The maximum absolute atomic E-state index is 14.9. The standard InChI is InChI=1S/C18H17F2N3O2/c19-14-7-4-9-21-15(14)16(24)23-10-8-18(20,12-23)17(25)22-11-13-5-2-1-3-6-13/h1-7,9H,8,10-12H2,(H,22,25). The molecular weight excluding hydrogens is 328 g/mol. The zero-order chi connectivity index (χ0) is 17.9. The summed E-state index contributed by atoms with van der Waals surface area (Å²) in [7, 11) is 0. The third kappa shape index (κ3) is 3.65. The van der Waals surface area contributed by atoms with Gasteiger partial charge in [-0.05, 0) is 17.7 Å². The predicted molar refractivity (Wildman–Crippen MR) is 86.8 cm³/mol. The summed E-state index contributed by atoms with van der Waals surface area (Å²) in [6, 6.07) is 11.6. The average molecular weight is 345 g/mol. The summed E-state index contributed by atoms with van der Waals surface area (Å²) in [5.41, 5.74) is -1.70. The zero-order valence-electron chi connectivity index (χ0n) is 13.4. The molecule has 1 fully saturated rings. The number of hydrogen-bond donors (Lipinski definition) is 1. The normalized spacial score (nSPS) is 19.7. The highest BCUT2D eigenvalue weighted by atomic mass is 19.1. The van der Waals surface area contributed by atoms with E-state index < -0.39 is 29.8 Å². The van der Waals surface area contributed by atoms with Crippen LogP contribution in [0.2, 0.25) is 0 Å². The number of pyridine rings is 1. The number of aromatic nitrogens is 1. The molecule has 3 rings (SSSR count). The van der Waals surface area contributed by atoms with Gasteiger partial charge in [-0.3, -0.25) is 9.59 Å². The Morgan fingerprint density at radius 2 is 1.96 bits per heavy atom. The van der Waals surface area contributed by atoms with E-state index in [1.54, 1.807) is 0 Å². The molecule has 25 heavy (non-hydrogen) atoms. The van der Waals surface area contributed by atoms with Gasteiger partial charge in [0.15, 0.2) is 11.5 Å². The van der Waals surface area contributed by atoms with Crippen LogP contribution >= 0.6 is 0 Å². The number of carbonyl (C=O) groups is 2. The maximum Gasteiger partial charge on any atom is 0.275 e. The number of amides is 2. The number of benzene rings is 1. The highest BCUT2D eigenvalue weighted by molar-refractivity contribution is 5.94. The van der Waals surface area contributed by atoms with E-state index in [0.29, 0.717) is 0 Å². The Morgan fingerprint density at radius 3 is 2.68 bits per heavy atom. The molecule has 1 aromatic heterocycles. The number of carbonyl (C=O) groups excluding carboxylic acids is 2. The van der Waals surface area contributed by atoms with E-state index in [2.05, 4.69) is 10.3 Å². The monoisotopic (exact) mass is 345 g/mol. The van der Waals surface area contributed by atoms with Crippen LogP contribution in [-0.2, 0) is 11.3 Å². The van der Waals surface area contributed by atoms with Crippen LogP contribution < -0.4 is 5.32 Å². The Balaban J connectivity index is 1.63. The topological polar surface area (TPSA) is 62.3 Å². The van der Waals surface area contributed by atoms with E-state index in [4.69, 9.17) is 0 Å². The molecule has 2 heterocycles. The summed E-state index contributed by atoms with van der Waals surface area (Å²) in [4.78, 5) is 29.3. The van der Waals surface area contributed by atoms with E-state index in [0.717, 1.165) is 16.5 Å². The van der Waals surface area contributed by atoms with Gasteiger partial charge in [0.25, 0.3) is 11.8 Å². The first-order valence-corrected chi connectivity index (χ1v) is 7.90. The van der Waals surface area contributed by atoms with Gasteiger partial charge in [-0.15, -0.1) is 0 Å². The first-order chi connectivity index (χ1) is 12.0. The Bertz CT molecular complexity index is 785. The quantitative estimate of drug-likeness (QED) is 0.923. The minimum atomic E-state index is -2.18. The molecule has 1 N–H and O–H groups in total. The van der Waals surface area contributed by atoms with Crippen molar-refractivity contribution in [1.82, 2.24) is 15.2 Å². The summed E-state index contributed by atoms with van der Waals surface area (Å²) in [5, 5.41) is 2.55. The van der Waals surface area contributed by atoms with Crippen molar-refractivity contribution in [2.45, 2.75) is 18.6 Å². The minimum absolute atomic E-state index is 0.0318. The molecule has 0 radical (unpaired) electrons. The van der Waals surface area contributed by atoms with Crippen molar-refractivity contribution in [2.75, 3.05) is 13.1 Å². The molecular formula is C18H17F2N3O2. The van der Waals surface area contributed by atoms with Crippen molar-refractivity contribution >= 4 is 11.8 Å². The third-order valence-electron chi connectivity index (χ3n) is 4.17. The van der Waals surface area contributed by atoms with Crippen LogP contribution in [0, 0.1) is 5.82 Å². The number of rotatable bonds is 4. The lowest BCUT2D eigenvalue weighted by molar-refractivity contribution is -0.132. The lowest BCUT2D eigenvalue weighted by atomic mass is 10.0. The van der Waals surface area contributed by atoms with Crippen molar-refractivity contribution in [2.24, 2.45) is 0 Å². The van der Waals surface area contributed by atoms with E-state index in [-0.39, 0.29) is 25.2 Å². The Morgan fingerprint density at radius 1 is 1.20 bits per heavy atom. The van der Waals surface area contributed by atoms with Crippen molar-refractivity contribution in [3.8, 4) is 0 Å². The molecule has 130 valence electrons. The number of nitrogens with zero attached hydrogens (tertiary/aromatic N) is 2. The molecule has 2 aromatic rings. The van der Waals surface area contributed by atoms with Gasteiger partial charge in [-0.1, -0.05) is 30.3 Å². The Kier molecular flexibility index (Phi) is 4.74. The van der Waals surface area contributed by atoms with Gasteiger partial charge in [0.2, 0.25) is 5.67 Å². The van der Waals surface area contributed by atoms with Crippen LogP contribution in [0.25, 0.3) is 0 Å². The molecule has 0 saturated carbocycles. The fourth-order valence-electron chi connectivity index (χ4n) is 2.76. The molecule has 2 amide bonds. The zero-order valence-corrected chi connectivity index (χ0v) is 13.4. The van der Waals surface area contributed by atoms with E-state index >= 15 is 0 Å². The second-order valence-corrected chi connectivity index (χ2v) is 5.94. The molecule has 1 saturated heterocycles. The lowest BCUT2D eigenvalue weighted by Gasteiger charge is -2.20. The molecule has 1 aliphatic heterocycles. The third-order valence-corrected chi connectivity index (χ3v) is 4.17. The van der Waals surface area contributed by atoms with Crippen molar-refractivity contribution in [3.63, 3.8) is 0 Å². The van der Waals surface area contributed by atoms with Crippen molar-refractivity contribution < 1.29 is 18.4 Å². The van der Waals surface area contributed by atoms with Crippen LogP contribution in [0.3, 0.4) is 0 Å². The highest BCUT2D eigenvalue weighted by Crippen LogP contribution is 2.27. The van der Waals surface area contributed by atoms with Gasteiger partial charge < -0.3 is 10.2 Å². The van der Waals surface area contributed by atoms with Gasteiger partial charge in [0.05, 0.1) is 6.54 Å².